The number of hydrogen-bond donors (Lipinski definition) is 0. The highest BCUT2D eigenvalue weighted by Crippen LogP contribution is 2.38. The maximum absolute atomic E-state index is 6.15. The van der Waals surface area contributed by atoms with Crippen molar-refractivity contribution in [1.29, 1.82) is 0 Å². The van der Waals surface area contributed by atoms with Crippen LogP contribution in [0.1, 0.15) is 36.5 Å². The van der Waals surface area contributed by atoms with Gasteiger partial charge in [-0.2, -0.15) is 0 Å². The molecule has 2 saturated heterocycles. The Hall–Kier alpha value is -2.37. The minimum Gasteiger partial charge on any atom is -0.485 e. The fourth-order valence-corrected chi connectivity index (χ4v) is 5.28. The number of ether oxygens (including phenoxy) is 2. The zero-order chi connectivity index (χ0) is 20.4. The van der Waals surface area contributed by atoms with E-state index < -0.39 is 0 Å². The lowest BCUT2D eigenvalue weighted by Gasteiger charge is -2.34. The number of hydrogen-bond acceptors (Lipinski definition) is 5. The number of nitrogens with zero attached hydrogens (tertiary/aromatic N) is 3. The Morgan fingerprint density at radius 3 is 2.73 bits per heavy atom. The van der Waals surface area contributed by atoms with Gasteiger partial charge in [0.1, 0.15) is 6.61 Å². The van der Waals surface area contributed by atoms with Crippen LogP contribution in [0.25, 0.3) is 0 Å². The van der Waals surface area contributed by atoms with Gasteiger partial charge in [0.05, 0.1) is 0 Å². The molecule has 5 rings (SSSR count). The molecule has 0 bridgehead atoms. The van der Waals surface area contributed by atoms with Gasteiger partial charge in [0, 0.05) is 45.0 Å². The maximum atomic E-state index is 6.15. The molecule has 0 saturated carbocycles. The predicted octanol–water partition coefficient (Wildman–Crippen LogP) is 3.94. The summed E-state index contributed by atoms with van der Waals surface area (Å²) in [5, 5.41) is 0. The summed E-state index contributed by atoms with van der Waals surface area (Å²) in [6.45, 7) is 6.12. The summed E-state index contributed by atoms with van der Waals surface area (Å²) >= 11 is 0. The van der Waals surface area contributed by atoms with Gasteiger partial charge >= 0.3 is 0 Å². The van der Waals surface area contributed by atoms with Crippen molar-refractivity contribution in [3.63, 3.8) is 0 Å². The highest BCUT2D eigenvalue weighted by atomic mass is 16.6. The van der Waals surface area contributed by atoms with Crippen LogP contribution < -0.4 is 9.47 Å². The van der Waals surface area contributed by atoms with Gasteiger partial charge in [0.25, 0.3) is 0 Å². The SMILES string of the molecule is C/N=C/CN1CCCC12CCN(Cc1ccc([C@H]3COc4ccccc4O3)cc1)C2. The van der Waals surface area contributed by atoms with Crippen molar-refractivity contribution >= 4 is 6.21 Å². The van der Waals surface area contributed by atoms with E-state index in [9.17, 15) is 0 Å². The quantitative estimate of drug-likeness (QED) is 0.706. The highest BCUT2D eigenvalue weighted by molar-refractivity contribution is 5.59. The number of fused-ring (bicyclic) bond motifs is 1. The summed E-state index contributed by atoms with van der Waals surface area (Å²) in [5.74, 6) is 1.66. The van der Waals surface area contributed by atoms with E-state index >= 15 is 0 Å². The van der Waals surface area contributed by atoms with E-state index in [2.05, 4.69) is 45.3 Å². The Kier molecular flexibility index (Phi) is 5.48. The third kappa shape index (κ3) is 3.84. The van der Waals surface area contributed by atoms with Gasteiger partial charge < -0.3 is 9.47 Å². The summed E-state index contributed by atoms with van der Waals surface area (Å²) in [6.07, 6.45) is 5.92. The predicted molar refractivity (Wildman–Crippen MR) is 120 cm³/mol. The third-order valence-electron chi connectivity index (χ3n) is 6.90. The van der Waals surface area contributed by atoms with Gasteiger partial charge in [0.2, 0.25) is 0 Å². The Balaban J connectivity index is 1.20. The monoisotopic (exact) mass is 405 g/mol. The molecule has 0 aromatic heterocycles. The Bertz CT molecular complexity index is 898. The molecular formula is C25H31N3O2. The molecule has 2 atom stereocenters. The van der Waals surface area contributed by atoms with Gasteiger partial charge in [-0.25, -0.2) is 0 Å². The summed E-state index contributed by atoms with van der Waals surface area (Å²) in [5.41, 5.74) is 2.90. The molecule has 3 heterocycles. The van der Waals surface area contributed by atoms with Crippen LogP contribution in [-0.4, -0.2) is 61.4 Å². The molecule has 5 heteroatoms. The molecule has 0 N–H and O–H groups in total. The lowest BCUT2D eigenvalue weighted by atomic mass is 9.95. The summed E-state index contributed by atoms with van der Waals surface area (Å²) in [6, 6.07) is 16.8. The van der Waals surface area contributed by atoms with E-state index in [1.54, 1.807) is 0 Å². The number of para-hydroxylation sites is 2. The molecule has 0 aliphatic carbocycles. The van der Waals surface area contributed by atoms with Crippen LogP contribution in [0, 0.1) is 0 Å². The van der Waals surface area contributed by atoms with E-state index in [1.165, 1.54) is 50.0 Å². The first-order valence-electron chi connectivity index (χ1n) is 11.1. The molecule has 3 aliphatic rings. The van der Waals surface area contributed by atoms with E-state index in [0.717, 1.165) is 24.6 Å². The standard InChI is InChI=1S/C25H31N3O2/c1-26-13-16-28-14-4-11-25(28)12-15-27(19-25)17-20-7-9-21(10-8-20)24-18-29-22-5-2-3-6-23(22)30-24/h2-3,5-10,13,24H,4,11-12,14-19H2,1H3/b26-13+/t24-,25?/m1/s1. The van der Waals surface area contributed by atoms with Gasteiger partial charge in [0.15, 0.2) is 17.6 Å². The molecule has 0 radical (unpaired) electrons. The van der Waals surface area contributed by atoms with Crippen LogP contribution >= 0.6 is 0 Å². The van der Waals surface area contributed by atoms with Gasteiger partial charge in [-0.15, -0.1) is 0 Å². The molecule has 1 spiro atoms. The zero-order valence-corrected chi connectivity index (χ0v) is 17.8. The van der Waals surface area contributed by atoms with Crippen LogP contribution in [0.3, 0.4) is 0 Å². The van der Waals surface area contributed by atoms with Crippen LogP contribution in [0.5, 0.6) is 11.5 Å². The molecule has 1 unspecified atom stereocenters. The Morgan fingerprint density at radius 2 is 1.90 bits per heavy atom. The second-order valence-electron chi connectivity index (χ2n) is 8.78. The second kappa shape index (κ2) is 8.40. The van der Waals surface area contributed by atoms with Crippen molar-refractivity contribution in [2.75, 3.05) is 39.8 Å². The van der Waals surface area contributed by atoms with E-state index in [4.69, 9.17) is 9.47 Å². The van der Waals surface area contributed by atoms with Crippen molar-refractivity contribution in [2.45, 2.75) is 37.5 Å². The van der Waals surface area contributed by atoms with Gasteiger partial charge in [-0.1, -0.05) is 36.4 Å². The molecule has 30 heavy (non-hydrogen) atoms. The number of aliphatic imine (C=N–C) groups is 1. The summed E-state index contributed by atoms with van der Waals surface area (Å²) in [4.78, 5) is 9.47. The van der Waals surface area contributed by atoms with Crippen LogP contribution in [0.4, 0.5) is 0 Å². The average Bonchev–Trinajstić information content (AvgIpc) is 3.38. The van der Waals surface area contributed by atoms with Gasteiger partial charge in [-0.05, 0) is 49.1 Å². The van der Waals surface area contributed by atoms with E-state index in [1.807, 2.05) is 31.3 Å². The van der Waals surface area contributed by atoms with Crippen LogP contribution in [0.2, 0.25) is 0 Å². The molecule has 2 fully saturated rings. The minimum atomic E-state index is -0.0451. The van der Waals surface area contributed by atoms with Crippen molar-refractivity contribution in [3.8, 4) is 11.5 Å². The van der Waals surface area contributed by atoms with E-state index in [-0.39, 0.29) is 6.10 Å². The van der Waals surface area contributed by atoms with Crippen LogP contribution in [0.15, 0.2) is 53.5 Å². The fourth-order valence-electron chi connectivity index (χ4n) is 5.28. The van der Waals surface area contributed by atoms with Crippen molar-refractivity contribution in [2.24, 2.45) is 4.99 Å². The molecular weight excluding hydrogens is 374 g/mol. The first kappa shape index (κ1) is 19.6. The first-order chi connectivity index (χ1) is 14.8. The molecule has 3 aliphatic heterocycles. The third-order valence-corrected chi connectivity index (χ3v) is 6.90. The molecule has 158 valence electrons. The number of benzene rings is 2. The number of rotatable bonds is 5. The molecule has 2 aromatic rings. The van der Waals surface area contributed by atoms with Gasteiger partial charge in [-0.3, -0.25) is 14.8 Å². The average molecular weight is 406 g/mol. The lowest BCUT2D eigenvalue weighted by Crippen LogP contribution is -2.46. The zero-order valence-electron chi connectivity index (χ0n) is 17.8. The minimum absolute atomic E-state index is 0.0451. The largest absolute Gasteiger partial charge is 0.485 e. The summed E-state index contributed by atoms with van der Waals surface area (Å²) < 4.78 is 12.0. The van der Waals surface area contributed by atoms with E-state index in [0.29, 0.717) is 12.1 Å². The lowest BCUT2D eigenvalue weighted by molar-refractivity contribution is 0.0913. The van der Waals surface area contributed by atoms with Crippen molar-refractivity contribution in [1.82, 2.24) is 9.80 Å². The molecule has 5 nitrogen and oxygen atoms in total. The normalized spacial score (nSPS) is 26.8. The van der Waals surface area contributed by atoms with Crippen LogP contribution in [-0.2, 0) is 6.54 Å². The number of likely N-dealkylation sites (tertiary alicyclic amines) is 2. The Morgan fingerprint density at radius 1 is 1.07 bits per heavy atom. The topological polar surface area (TPSA) is 37.3 Å². The Labute approximate surface area is 179 Å². The smallest absolute Gasteiger partial charge is 0.162 e. The molecule has 0 amide bonds. The summed E-state index contributed by atoms with van der Waals surface area (Å²) in [7, 11) is 1.87. The van der Waals surface area contributed by atoms with Crippen molar-refractivity contribution in [3.05, 3.63) is 59.7 Å². The van der Waals surface area contributed by atoms with Crippen molar-refractivity contribution < 1.29 is 9.47 Å². The highest BCUT2D eigenvalue weighted by Gasteiger charge is 2.45. The second-order valence-corrected chi connectivity index (χ2v) is 8.78. The fraction of sp³-hybridized carbons (Fsp3) is 0.480. The first-order valence-corrected chi connectivity index (χ1v) is 11.1. The maximum Gasteiger partial charge on any atom is 0.162 e. The molecule has 2 aromatic carbocycles.